The molecule has 1 atom stereocenters. The Kier molecular flexibility index (Phi) is 9.55. The number of hydrogen-bond acceptors (Lipinski definition) is 2. The number of likely N-dealkylation sites (tertiary alicyclic amines) is 1. The fourth-order valence-electron chi connectivity index (χ4n) is 2.97. The molecule has 4 nitrogen and oxygen atoms in total. The van der Waals surface area contributed by atoms with Crippen molar-refractivity contribution >= 4 is 29.9 Å². The van der Waals surface area contributed by atoms with Gasteiger partial charge in [0.05, 0.1) is 6.61 Å². The van der Waals surface area contributed by atoms with Crippen LogP contribution in [0, 0.1) is 5.92 Å². The topological polar surface area (TPSA) is 36.9 Å². The van der Waals surface area contributed by atoms with Crippen LogP contribution in [0.5, 0.6) is 0 Å². The Morgan fingerprint density at radius 3 is 2.74 bits per heavy atom. The molecule has 1 fully saturated rings. The fourth-order valence-corrected chi connectivity index (χ4v) is 2.97. The van der Waals surface area contributed by atoms with Gasteiger partial charge in [-0.2, -0.15) is 0 Å². The monoisotopic (exact) mass is 431 g/mol. The van der Waals surface area contributed by atoms with Crippen LogP contribution < -0.4 is 5.32 Å². The maximum absolute atomic E-state index is 5.56. The van der Waals surface area contributed by atoms with Crippen LogP contribution in [0.4, 0.5) is 0 Å². The van der Waals surface area contributed by atoms with Crippen molar-refractivity contribution in [2.24, 2.45) is 10.9 Å². The maximum Gasteiger partial charge on any atom is 0.193 e. The van der Waals surface area contributed by atoms with Crippen LogP contribution in [0.3, 0.4) is 0 Å². The summed E-state index contributed by atoms with van der Waals surface area (Å²) < 4.78 is 5.56. The van der Waals surface area contributed by atoms with Gasteiger partial charge in [-0.1, -0.05) is 31.2 Å². The molecule has 0 radical (unpaired) electrons. The molecule has 0 amide bonds. The molecular formula is C18H30IN3O. The Morgan fingerprint density at radius 2 is 2.09 bits per heavy atom. The van der Waals surface area contributed by atoms with Crippen molar-refractivity contribution in [2.75, 3.05) is 26.7 Å². The summed E-state index contributed by atoms with van der Waals surface area (Å²) in [7, 11) is 1.87. The summed E-state index contributed by atoms with van der Waals surface area (Å²) in [4.78, 5) is 6.83. The van der Waals surface area contributed by atoms with Gasteiger partial charge >= 0.3 is 0 Å². The lowest BCUT2D eigenvalue weighted by Crippen LogP contribution is -2.45. The summed E-state index contributed by atoms with van der Waals surface area (Å²) in [5.74, 6) is 1.76. The van der Waals surface area contributed by atoms with Gasteiger partial charge in [0.15, 0.2) is 5.96 Å². The number of rotatable bonds is 5. The minimum absolute atomic E-state index is 0. The minimum Gasteiger partial charge on any atom is -0.377 e. The molecule has 0 aliphatic carbocycles. The highest BCUT2D eigenvalue weighted by Gasteiger charge is 2.19. The molecule has 0 saturated carbocycles. The molecule has 1 saturated heterocycles. The second kappa shape index (κ2) is 10.9. The number of aliphatic imine (C=N–C) groups is 1. The van der Waals surface area contributed by atoms with E-state index in [1.807, 2.05) is 14.0 Å². The van der Waals surface area contributed by atoms with E-state index in [-0.39, 0.29) is 24.0 Å². The number of ether oxygens (including phenoxy) is 1. The van der Waals surface area contributed by atoms with Crippen LogP contribution in [-0.4, -0.2) is 37.6 Å². The Morgan fingerprint density at radius 1 is 1.35 bits per heavy atom. The van der Waals surface area contributed by atoms with E-state index in [4.69, 9.17) is 4.74 Å². The van der Waals surface area contributed by atoms with Crippen LogP contribution in [0.2, 0.25) is 0 Å². The Labute approximate surface area is 157 Å². The zero-order valence-corrected chi connectivity index (χ0v) is 16.9. The van der Waals surface area contributed by atoms with E-state index in [0.717, 1.165) is 38.1 Å². The lowest BCUT2D eigenvalue weighted by atomic mass is 10.0. The molecule has 23 heavy (non-hydrogen) atoms. The Hall–Kier alpha value is -0.820. The van der Waals surface area contributed by atoms with Crippen molar-refractivity contribution in [3.8, 4) is 0 Å². The number of benzene rings is 1. The highest BCUT2D eigenvalue weighted by molar-refractivity contribution is 14.0. The smallest absolute Gasteiger partial charge is 0.193 e. The molecule has 130 valence electrons. The molecule has 5 heteroatoms. The van der Waals surface area contributed by atoms with Crippen LogP contribution in [0.15, 0.2) is 29.3 Å². The molecule has 1 aromatic rings. The van der Waals surface area contributed by atoms with Gasteiger partial charge < -0.3 is 15.0 Å². The van der Waals surface area contributed by atoms with Gasteiger partial charge in [0, 0.05) is 33.3 Å². The van der Waals surface area contributed by atoms with E-state index in [0.29, 0.717) is 6.61 Å². The van der Waals surface area contributed by atoms with Crippen LogP contribution in [0.25, 0.3) is 0 Å². The van der Waals surface area contributed by atoms with E-state index < -0.39 is 0 Å². The highest BCUT2D eigenvalue weighted by Crippen LogP contribution is 2.16. The first kappa shape index (κ1) is 20.2. The largest absolute Gasteiger partial charge is 0.377 e. The number of guanidine groups is 1. The number of piperidine rings is 1. The van der Waals surface area contributed by atoms with E-state index in [9.17, 15) is 0 Å². The molecule has 1 N–H and O–H groups in total. The van der Waals surface area contributed by atoms with Crippen LogP contribution in [0.1, 0.15) is 37.8 Å². The quantitative estimate of drug-likeness (QED) is 0.440. The predicted molar refractivity (Wildman–Crippen MR) is 107 cm³/mol. The van der Waals surface area contributed by atoms with E-state index >= 15 is 0 Å². The third-order valence-electron chi connectivity index (χ3n) is 4.19. The summed E-state index contributed by atoms with van der Waals surface area (Å²) in [5.41, 5.74) is 2.53. The predicted octanol–water partition coefficient (Wildman–Crippen LogP) is 3.65. The summed E-state index contributed by atoms with van der Waals surface area (Å²) in [6, 6.07) is 8.45. The van der Waals surface area contributed by atoms with Crippen molar-refractivity contribution in [3.05, 3.63) is 35.4 Å². The van der Waals surface area contributed by atoms with Gasteiger partial charge in [0.1, 0.15) is 0 Å². The average Bonchev–Trinajstić information content (AvgIpc) is 2.54. The van der Waals surface area contributed by atoms with Crippen LogP contribution in [-0.2, 0) is 17.9 Å². The number of hydrogen-bond donors (Lipinski definition) is 1. The second-order valence-corrected chi connectivity index (χ2v) is 6.00. The normalized spacial score (nSPS) is 18.5. The van der Waals surface area contributed by atoms with Crippen molar-refractivity contribution in [2.45, 2.75) is 39.8 Å². The zero-order valence-electron chi connectivity index (χ0n) is 14.5. The second-order valence-electron chi connectivity index (χ2n) is 6.00. The lowest BCUT2D eigenvalue weighted by Gasteiger charge is -2.33. The number of nitrogens with one attached hydrogen (secondary N) is 1. The van der Waals surface area contributed by atoms with Crippen molar-refractivity contribution in [1.82, 2.24) is 10.2 Å². The molecule has 1 heterocycles. The standard InChI is InChI=1S/C18H29N3O.HI/c1-4-22-14-17-10-6-5-9-16(17)12-20-18(19-3)21-11-7-8-15(2)13-21;/h5-6,9-10,15H,4,7-8,11-14H2,1-3H3,(H,19,20);1H. The fraction of sp³-hybridized carbons (Fsp3) is 0.611. The molecular weight excluding hydrogens is 401 g/mol. The molecule has 1 unspecified atom stereocenters. The van der Waals surface area contributed by atoms with Crippen molar-refractivity contribution < 1.29 is 4.74 Å². The molecule has 0 bridgehead atoms. The molecule has 1 aromatic carbocycles. The van der Waals surface area contributed by atoms with Gasteiger partial charge in [-0.25, -0.2) is 0 Å². The average molecular weight is 431 g/mol. The minimum atomic E-state index is 0. The zero-order chi connectivity index (χ0) is 15.8. The van der Waals surface area contributed by atoms with Gasteiger partial charge in [-0.3, -0.25) is 4.99 Å². The van der Waals surface area contributed by atoms with Crippen molar-refractivity contribution in [1.29, 1.82) is 0 Å². The van der Waals surface area contributed by atoms with Gasteiger partial charge in [-0.05, 0) is 36.8 Å². The van der Waals surface area contributed by atoms with E-state index in [1.165, 1.54) is 24.0 Å². The molecule has 0 aromatic heterocycles. The third-order valence-corrected chi connectivity index (χ3v) is 4.19. The summed E-state index contributed by atoms with van der Waals surface area (Å²) in [6.07, 6.45) is 2.58. The van der Waals surface area contributed by atoms with Gasteiger partial charge in [0.25, 0.3) is 0 Å². The highest BCUT2D eigenvalue weighted by atomic mass is 127. The molecule has 2 rings (SSSR count). The van der Waals surface area contributed by atoms with E-state index in [1.54, 1.807) is 0 Å². The number of halogens is 1. The van der Waals surface area contributed by atoms with Gasteiger partial charge in [-0.15, -0.1) is 24.0 Å². The Balaban J connectivity index is 0.00000264. The SMILES string of the molecule is CCOCc1ccccc1CNC(=NC)N1CCCC(C)C1.I. The number of nitrogens with zero attached hydrogens (tertiary/aromatic N) is 2. The van der Waals surface area contributed by atoms with E-state index in [2.05, 4.69) is 46.4 Å². The third kappa shape index (κ3) is 6.30. The van der Waals surface area contributed by atoms with Gasteiger partial charge in [0.2, 0.25) is 0 Å². The summed E-state index contributed by atoms with van der Waals surface area (Å²) in [5, 5.41) is 3.51. The first-order chi connectivity index (χ1) is 10.7. The first-order valence-electron chi connectivity index (χ1n) is 8.34. The first-order valence-corrected chi connectivity index (χ1v) is 8.34. The summed E-state index contributed by atoms with van der Waals surface area (Å²) in [6.45, 7) is 8.76. The van der Waals surface area contributed by atoms with Crippen molar-refractivity contribution in [3.63, 3.8) is 0 Å². The maximum atomic E-state index is 5.56. The molecule has 1 aliphatic rings. The summed E-state index contributed by atoms with van der Waals surface area (Å²) >= 11 is 0. The lowest BCUT2D eigenvalue weighted by molar-refractivity contribution is 0.133. The molecule has 1 aliphatic heterocycles. The van der Waals surface area contributed by atoms with Crippen LogP contribution >= 0.6 is 24.0 Å². The molecule has 0 spiro atoms. The Bertz CT molecular complexity index is 493.